The fourth-order valence-corrected chi connectivity index (χ4v) is 2.71. The van der Waals surface area contributed by atoms with Gasteiger partial charge in [0.25, 0.3) is 5.92 Å². The van der Waals surface area contributed by atoms with Crippen molar-refractivity contribution < 1.29 is 37.7 Å². The Morgan fingerprint density at radius 1 is 1.16 bits per heavy atom. The van der Waals surface area contributed by atoms with Gasteiger partial charge in [0.1, 0.15) is 19.0 Å². The molecule has 0 bridgehead atoms. The third-order valence-corrected chi connectivity index (χ3v) is 4.29. The molecule has 2 amide bonds. The lowest BCUT2D eigenvalue weighted by Gasteiger charge is -2.23. The molecule has 0 radical (unpaired) electrons. The van der Waals surface area contributed by atoms with E-state index in [-0.39, 0.29) is 38.8 Å². The SMILES string of the molecule is CCCNC(=O)N(CCOCC(C)(F)F)CCOc1ccc(CC(OCC)C(=O)O)cc1. The Kier molecular flexibility index (Phi) is 12.6. The maximum atomic E-state index is 12.9. The monoisotopic (exact) mass is 460 g/mol. The molecule has 0 saturated heterocycles. The van der Waals surface area contributed by atoms with Crippen LogP contribution in [0.25, 0.3) is 0 Å². The summed E-state index contributed by atoms with van der Waals surface area (Å²) in [5.41, 5.74) is 0.795. The molecule has 0 aliphatic heterocycles. The van der Waals surface area contributed by atoms with E-state index in [4.69, 9.17) is 14.2 Å². The highest BCUT2D eigenvalue weighted by Gasteiger charge is 2.21. The summed E-state index contributed by atoms with van der Waals surface area (Å²) in [4.78, 5) is 24.9. The topological polar surface area (TPSA) is 97.3 Å². The number of benzene rings is 1. The number of hydrogen-bond donors (Lipinski definition) is 2. The largest absolute Gasteiger partial charge is 0.492 e. The molecule has 182 valence electrons. The van der Waals surface area contributed by atoms with Crippen LogP contribution >= 0.6 is 0 Å². The van der Waals surface area contributed by atoms with Gasteiger partial charge >= 0.3 is 12.0 Å². The van der Waals surface area contributed by atoms with Gasteiger partial charge in [0.15, 0.2) is 6.10 Å². The number of halogens is 2. The van der Waals surface area contributed by atoms with E-state index in [0.717, 1.165) is 18.9 Å². The average molecular weight is 461 g/mol. The van der Waals surface area contributed by atoms with Gasteiger partial charge in [-0.3, -0.25) is 0 Å². The van der Waals surface area contributed by atoms with Crippen LogP contribution in [0.15, 0.2) is 24.3 Å². The van der Waals surface area contributed by atoms with Gasteiger partial charge in [-0.2, -0.15) is 0 Å². The molecule has 2 N–H and O–H groups in total. The molecule has 1 atom stereocenters. The second-order valence-electron chi connectivity index (χ2n) is 7.32. The third kappa shape index (κ3) is 11.8. The van der Waals surface area contributed by atoms with E-state index in [0.29, 0.717) is 18.9 Å². The van der Waals surface area contributed by atoms with Crippen molar-refractivity contribution in [3.05, 3.63) is 29.8 Å². The zero-order valence-electron chi connectivity index (χ0n) is 18.9. The van der Waals surface area contributed by atoms with Crippen molar-refractivity contribution in [2.45, 2.75) is 45.6 Å². The second-order valence-corrected chi connectivity index (χ2v) is 7.32. The van der Waals surface area contributed by atoms with E-state index < -0.39 is 24.6 Å². The molecule has 0 heterocycles. The Balaban J connectivity index is 2.54. The molecule has 1 rings (SSSR count). The van der Waals surface area contributed by atoms with Crippen LogP contribution in [0.4, 0.5) is 13.6 Å². The summed E-state index contributed by atoms with van der Waals surface area (Å²) in [6.45, 7) is 5.14. The number of carbonyl (C=O) groups is 2. The summed E-state index contributed by atoms with van der Waals surface area (Å²) in [7, 11) is 0. The number of aliphatic carboxylic acids is 1. The normalized spacial score (nSPS) is 12.3. The summed E-state index contributed by atoms with van der Waals surface area (Å²) in [6, 6.07) is 6.64. The lowest BCUT2D eigenvalue weighted by Crippen LogP contribution is -2.44. The first-order valence-electron chi connectivity index (χ1n) is 10.7. The average Bonchev–Trinajstić information content (AvgIpc) is 2.73. The van der Waals surface area contributed by atoms with Crippen LogP contribution in [0.1, 0.15) is 32.8 Å². The van der Waals surface area contributed by atoms with Crippen molar-refractivity contribution in [2.24, 2.45) is 0 Å². The standard InChI is InChI=1S/C22H34F2N2O6/c1-4-10-25-21(29)26(11-13-30-16-22(3,23)24)12-14-32-18-8-6-17(7-9-18)15-19(20(27)28)31-5-2/h6-9,19H,4-5,10-16H2,1-3H3,(H,25,29)(H,27,28). The molecule has 32 heavy (non-hydrogen) atoms. The van der Waals surface area contributed by atoms with Crippen molar-refractivity contribution in [2.75, 3.05) is 46.1 Å². The number of carboxylic acid groups (broad SMARTS) is 1. The van der Waals surface area contributed by atoms with Crippen molar-refractivity contribution in [3.63, 3.8) is 0 Å². The number of alkyl halides is 2. The first-order valence-corrected chi connectivity index (χ1v) is 10.7. The Morgan fingerprint density at radius 2 is 1.81 bits per heavy atom. The fourth-order valence-electron chi connectivity index (χ4n) is 2.71. The molecule has 10 heteroatoms. The molecule has 0 saturated carbocycles. The number of carboxylic acids is 1. The van der Waals surface area contributed by atoms with Crippen LogP contribution in [0.3, 0.4) is 0 Å². The van der Waals surface area contributed by atoms with Gasteiger partial charge in [0, 0.05) is 33.0 Å². The molecule has 0 aliphatic carbocycles. The summed E-state index contributed by atoms with van der Waals surface area (Å²) in [6.07, 6.45) is 0.107. The van der Waals surface area contributed by atoms with Crippen molar-refractivity contribution >= 4 is 12.0 Å². The Hall–Kier alpha value is -2.46. The minimum absolute atomic E-state index is 0.0117. The molecule has 1 aromatic rings. The first-order chi connectivity index (χ1) is 15.2. The van der Waals surface area contributed by atoms with Crippen molar-refractivity contribution in [3.8, 4) is 5.75 Å². The number of ether oxygens (including phenoxy) is 3. The van der Waals surface area contributed by atoms with E-state index in [1.54, 1.807) is 31.2 Å². The highest BCUT2D eigenvalue weighted by atomic mass is 19.3. The first kappa shape index (κ1) is 27.6. The van der Waals surface area contributed by atoms with Gasteiger partial charge in [-0.1, -0.05) is 19.1 Å². The number of amides is 2. The van der Waals surface area contributed by atoms with E-state index in [1.807, 2.05) is 6.92 Å². The minimum atomic E-state index is -2.92. The fraction of sp³-hybridized carbons (Fsp3) is 0.636. The summed E-state index contributed by atoms with van der Waals surface area (Å²) in [5, 5.41) is 11.9. The maximum Gasteiger partial charge on any atom is 0.333 e. The molecular weight excluding hydrogens is 426 g/mol. The smallest absolute Gasteiger partial charge is 0.333 e. The Morgan fingerprint density at radius 3 is 2.38 bits per heavy atom. The summed E-state index contributed by atoms with van der Waals surface area (Å²) in [5.74, 6) is -3.37. The Bertz CT molecular complexity index is 682. The number of urea groups is 1. The number of hydrogen-bond acceptors (Lipinski definition) is 5. The Labute approximate surface area is 187 Å². The van der Waals surface area contributed by atoms with Crippen LogP contribution in [0.5, 0.6) is 5.75 Å². The zero-order chi connectivity index (χ0) is 24.0. The van der Waals surface area contributed by atoms with E-state index in [9.17, 15) is 23.5 Å². The van der Waals surface area contributed by atoms with Crippen LogP contribution in [0, 0.1) is 0 Å². The highest BCUT2D eigenvalue weighted by Crippen LogP contribution is 2.15. The lowest BCUT2D eigenvalue weighted by molar-refractivity contribution is -0.149. The second kappa shape index (κ2) is 14.6. The zero-order valence-corrected chi connectivity index (χ0v) is 18.9. The van der Waals surface area contributed by atoms with Crippen molar-refractivity contribution in [1.82, 2.24) is 10.2 Å². The maximum absolute atomic E-state index is 12.9. The van der Waals surface area contributed by atoms with Crippen LogP contribution in [-0.4, -0.2) is 80.1 Å². The molecule has 1 aromatic carbocycles. The third-order valence-electron chi connectivity index (χ3n) is 4.29. The number of rotatable bonds is 16. The van der Waals surface area contributed by atoms with Gasteiger partial charge in [-0.15, -0.1) is 0 Å². The molecule has 0 aliphatic rings. The molecule has 0 spiro atoms. The predicted octanol–water partition coefficient (Wildman–Crippen LogP) is 3.19. The predicted molar refractivity (Wildman–Crippen MR) is 115 cm³/mol. The van der Waals surface area contributed by atoms with E-state index >= 15 is 0 Å². The molecule has 1 unspecified atom stereocenters. The quantitative estimate of drug-likeness (QED) is 0.368. The van der Waals surface area contributed by atoms with Gasteiger partial charge in [0.05, 0.1) is 13.2 Å². The highest BCUT2D eigenvalue weighted by molar-refractivity contribution is 5.74. The number of nitrogens with zero attached hydrogens (tertiary/aromatic N) is 1. The van der Waals surface area contributed by atoms with Gasteiger partial charge in [-0.05, 0) is 31.0 Å². The molecule has 0 fully saturated rings. The van der Waals surface area contributed by atoms with Crippen LogP contribution in [0.2, 0.25) is 0 Å². The van der Waals surface area contributed by atoms with Crippen LogP contribution in [-0.2, 0) is 20.7 Å². The molecule has 8 nitrogen and oxygen atoms in total. The summed E-state index contributed by atoms with van der Waals surface area (Å²) < 4.78 is 41.6. The van der Waals surface area contributed by atoms with Gasteiger partial charge in [0.2, 0.25) is 0 Å². The number of carbonyl (C=O) groups excluding carboxylic acids is 1. The van der Waals surface area contributed by atoms with E-state index in [1.165, 1.54) is 4.90 Å². The van der Waals surface area contributed by atoms with Crippen LogP contribution < -0.4 is 10.1 Å². The van der Waals surface area contributed by atoms with Crippen molar-refractivity contribution in [1.29, 1.82) is 0 Å². The number of nitrogens with one attached hydrogen (secondary N) is 1. The minimum Gasteiger partial charge on any atom is -0.492 e. The lowest BCUT2D eigenvalue weighted by atomic mass is 10.1. The summed E-state index contributed by atoms with van der Waals surface area (Å²) >= 11 is 0. The van der Waals surface area contributed by atoms with E-state index in [2.05, 4.69) is 5.32 Å². The van der Waals surface area contributed by atoms with Gasteiger partial charge in [-0.25, -0.2) is 18.4 Å². The molecule has 0 aromatic heterocycles. The molecular formula is C22H34F2N2O6. The van der Waals surface area contributed by atoms with Gasteiger partial charge < -0.3 is 29.5 Å².